The fourth-order valence-corrected chi connectivity index (χ4v) is 7.78. The molecular weight excluding hydrogens is 586 g/mol. The van der Waals surface area contributed by atoms with Crippen molar-refractivity contribution in [1.82, 2.24) is 14.1 Å². The summed E-state index contributed by atoms with van der Waals surface area (Å²) in [5.41, 5.74) is 0.579. The van der Waals surface area contributed by atoms with Gasteiger partial charge in [-0.1, -0.05) is 90.2 Å². The van der Waals surface area contributed by atoms with Crippen LogP contribution in [0.5, 0.6) is 0 Å². The van der Waals surface area contributed by atoms with Gasteiger partial charge in [0.1, 0.15) is 0 Å². The van der Waals surface area contributed by atoms with E-state index in [0.717, 1.165) is 71.1 Å². The van der Waals surface area contributed by atoms with Crippen LogP contribution < -0.4 is 22.2 Å². The quantitative estimate of drug-likeness (QED) is 0.122. The highest BCUT2D eigenvalue weighted by molar-refractivity contribution is 6.32. The molecule has 3 aromatic heterocycles. The van der Waals surface area contributed by atoms with Crippen molar-refractivity contribution in [2.24, 2.45) is 0 Å². The van der Waals surface area contributed by atoms with Crippen molar-refractivity contribution in [1.29, 1.82) is 0 Å². The molecule has 3 heterocycles. The average Bonchev–Trinajstić information content (AvgIpc) is 3.22. The predicted octanol–water partition coefficient (Wildman–Crippen LogP) is 8.57. The van der Waals surface area contributed by atoms with Gasteiger partial charge in [0.05, 0.1) is 0 Å². The van der Waals surface area contributed by atoms with Gasteiger partial charge in [0.25, 0.3) is 22.2 Å². The summed E-state index contributed by atoms with van der Waals surface area (Å²) in [5, 5.41) is 6.82. The summed E-state index contributed by atoms with van der Waals surface area (Å²) >= 11 is 0. The van der Waals surface area contributed by atoms with Crippen LogP contribution in [-0.2, 0) is 13.1 Å². The van der Waals surface area contributed by atoms with Crippen LogP contribution in [-0.4, -0.2) is 14.1 Å². The first-order chi connectivity index (χ1) is 23.0. The molecule has 242 valence electrons. The molecule has 1 N–H and O–H groups in total. The summed E-state index contributed by atoms with van der Waals surface area (Å²) < 4.78 is 2.83. The van der Waals surface area contributed by atoms with Crippen molar-refractivity contribution in [2.45, 2.75) is 104 Å². The summed E-state index contributed by atoms with van der Waals surface area (Å²) in [4.78, 5) is 58.7. The highest BCUT2D eigenvalue weighted by atomic mass is 16.2. The molecule has 0 saturated heterocycles. The second-order valence-electron chi connectivity index (χ2n) is 13.3. The van der Waals surface area contributed by atoms with E-state index in [0.29, 0.717) is 45.4 Å². The van der Waals surface area contributed by atoms with Crippen molar-refractivity contribution in [3.63, 3.8) is 0 Å². The fourth-order valence-electron chi connectivity index (χ4n) is 7.78. The van der Waals surface area contributed by atoms with Crippen molar-refractivity contribution < 1.29 is 0 Å². The van der Waals surface area contributed by atoms with Gasteiger partial charge in [0.2, 0.25) is 0 Å². The smallest absolute Gasteiger partial charge is 0.261 e. The van der Waals surface area contributed by atoms with Crippen LogP contribution >= 0.6 is 0 Å². The zero-order valence-electron chi connectivity index (χ0n) is 27.5. The third-order valence-electron chi connectivity index (χ3n) is 10.3. The standard InChI is InChI=1S/C40H43N3O4/c1-3-5-7-9-11-13-23-42-37(44)27-17-15-25-26-16-18-28-34-30(40(47)43(38(28)45)24-14-12-10-8-6-4-2)20-22-32(36(26)34)41-31-21-19-29(39(42)46)33(27)35(25)31/h15-22,41H,3-14,23-24H2,1-2H3. The van der Waals surface area contributed by atoms with Gasteiger partial charge in [-0.15, -0.1) is 0 Å². The highest BCUT2D eigenvalue weighted by Gasteiger charge is 2.21. The maximum absolute atomic E-state index is 13.8. The SMILES string of the molecule is CCCCCCCCn1c(=O)c2ccc3[nH]c4ccc5c(=O)n(CCCCCCCC)c(=O)c6ccc(c7ccc(c1=O)c2c37)c4c56. The number of rotatable bonds is 14. The number of benzene rings is 4. The Balaban J connectivity index is 1.39. The molecule has 0 unspecified atom stereocenters. The van der Waals surface area contributed by atoms with Crippen LogP contribution in [0, 0.1) is 0 Å². The van der Waals surface area contributed by atoms with E-state index in [9.17, 15) is 19.2 Å². The van der Waals surface area contributed by atoms with Crippen LogP contribution in [0.15, 0.2) is 67.7 Å². The summed E-state index contributed by atoms with van der Waals surface area (Å²) in [6, 6.07) is 15.1. The highest BCUT2D eigenvalue weighted by Crippen LogP contribution is 2.39. The van der Waals surface area contributed by atoms with E-state index in [1.807, 2.05) is 48.5 Å². The number of nitrogens with one attached hydrogen (secondary N) is 1. The van der Waals surface area contributed by atoms with Crippen LogP contribution in [0.2, 0.25) is 0 Å². The normalized spacial score (nSPS) is 12.3. The van der Waals surface area contributed by atoms with Gasteiger partial charge < -0.3 is 4.98 Å². The number of pyridine rings is 2. The summed E-state index contributed by atoms with van der Waals surface area (Å²) in [6.07, 6.45) is 12.9. The van der Waals surface area contributed by atoms with Gasteiger partial charge in [0.15, 0.2) is 0 Å². The molecule has 7 nitrogen and oxygen atoms in total. The minimum absolute atomic E-state index is 0.250. The van der Waals surface area contributed by atoms with Crippen molar-refractivity contribution in [3.8, 4) is 0 Å². The number of hydrogen-bond donors (Lipinski definition) is 1. The Bertz CT molecular complexity index is 2250. The van der Waals surface area contributed by atoms with Gasteiger partial charge >= 0.3 is 0 Å². The molecule has 0 aliphatic rings. The molecule has 0 atom stereocenters. The molecule has 0 amide bonds. The van der Waals surface area contributed by atoms with E-state index in [-0.39, 0.29) is 22.2 Å². The molecule has 0 fully saturated rings. The number of hydrogen-bond acceptors (Lipinski definition) is 4. The second-order valence-corrected chi connectivity index (χ2v) is 13.3. The number of nitrogens with zero attached hydrogens (tertiary/aromatic N) is 2. The summed E-state index contributed by atoms with van der Waals surface area (Å²) in [6.45, 7) is 5.21. The molecule has 0 bridgehead atoms. The first-order valence-corrected chi connectivity index (χ1v) is 17.7. The molecule has 7 heteroatoms. The molecule has 0 aliphatic heterocycles. The minimum atomic E-state index is -0.250. The van der Waals surface area contributed by atoms with Crippen molar-refractivity contribution >= 4 is 64.9 Å². The molecule has 7 rings (SSSR count). The number of unbranched alkanes of at least 4 members (excludes halogenated alkanes) is 10. The summed E-state index contributed by atoms with van der Waals surface area (Å²) in [7, 11) is 0. The number of aromatic amines is 1. The molecule has 7 aromatic rings. The monoisotopic (exact) mass is 629 g/mol. The van der Waals surface area contributed by atoms with Gasteiger partial charge in [0, 0.05) is 67.2 Å². The van der Waals surface area contributed by atoms with E-state index in [4.69, 9.17) is 0 Å². The first kappa shape index (κ1) is 31.1. The lowest BCUT2D eigenvalue weighted by atomic mass is 9.94. The maximum atomic E-state index is 13.8. The zero-order chi connectivity index (χ0) is 32.7. The van der Waals surface area contributed by atoms with E-state index in [1.165, 1.54) is 47.7 Å². The van der Waals surface area contributed by atoms with Crippen LogP contribution in [0.3, 0.4) is 0 Å². The van der Waals surface area contributed by atoms with Crippen molar-refractivity contribution in [2.75, 3.05) is 0 Å². The molecule has 47 heavy (non-hydrogen) atoms. The molecular formula is C40H43N3O4. The Labute approximate surface area is 272 Å². The van der Waals surface area contributed by atoms with E-state index < -0.39 is 0 Å². The number of H-pyrrole nitrogens is 1. The number of aromatic nitrogens is 3. The molecule has 4 aromatic carbocycles. The predicted molar refractivity (Wildman–Crippen MR) is 196 cm³/mol. The lowest BCUT2D eigenvalue weighted by Gasteiger charge is -2.13. The Morgan fingerprint density at radius 2 is 0.723 bits per heavy atom. The first-order valence-electron chi connectivity index (χ1n) is 17.7. The topological polar surface area (TPSA) is 93.9 Å². The van der Waals surface area contributed by atoms with E-state index in [1.54, 1.807) is 0 Å². The van der Waals surface area contributed by atoms with Crippen LogP contribution in [0.1, 0.15) is 90.9 Å². The molecule has 0 aliphatic carbocycles. The fraction of sp³-hybridized carbons (Fsp3) is 0.400. The maximum Gasteiger partial charge on any atom is 0.261 e. The van der Waals surface area contributed by atoms with Gasteiger partial charge in [-0.2, -0.15) is 0 Å². The van der Waals surface area contributed by atoms with Gasteiger partial charge in [-0.25, -0.2) is 0 Å². The molecule has 0 saturated carbocycles. The zero-order valence-corrected chi connectivity index (χ0v) is 27.5. The van der Waals surface area contributed by atoms with Crippen LogP contribution in [0.4, 0.5) is 0 Å². The van der Waals surface area contributed by atoms with E-state index >= 15 is 0 Å². The van der Waals surface area contributed by atoms with Gasteiger partial charge in [-0.3, -0.25) is 28.3 Å². The Kier molecular flexibility index (Phi) is 8.56. The number of fused-ring (bicyclic) bond motifs is 1. The lowest BCUT2D eigenvalue weighted by molar-refractivity contribution is 0.545. The van der Waals surface area contributed by atoms with Crippen molar-refractivity contribution in [3.05, 3.63) is 89.9 Å². The largest absolute Gasteiger partial charge is 0.354 e. The summed E-state index contributed by atoms with van der Waals surface area (Å²) in [5.74, 6) is 0. The third-order valence-corrected chi connectivity index (χ3v) is 10.3. The molecule has 0 spiro atoms. The van der Waals surface area contributed by atoms with E-state index in [2.05, 4.69) is 18.8 Å². The minimum Gasteiger partial charge on any atom is -0.354 e. The molecule has 0 radical (unpaired) electrons. The van der Waals surface area contributed by atoms with Crippen LogP contribution in [0.25, 0.3) is 64.9 Å². The Morgan fingerprint density at radius 1 is 0.404 bits per heavy atom. The lowest BCUT2D eigenvalue weighted by Crippen LogP contribution is -2.33. The second kappa shape index (κ2) is 12.9. The Hall–Kier alpha value is -4.52. The van der Waals surface area contributed by atoms with Gasteiger partial charge in [-0.05, 0) is 60.0 Å². The average molecular weight is 630 g/mol. The third kappa shape index (κ3) is 5.20. The Morgan fingerprint density at radius 3 is 1.11 bits per heavy atom.